The lowest BCUT2D eigenvalue weighted by Gasteiger charge is -2.50. The van der Waals surface area contributed by atoms with E-state index in [1.165, 1.54) is 0 Å². The van der Waals surface area contributed by atoms with Crippen LogP contribution in [0.2, 0.25) is 0 Å². The number of benzene rings is 1. The molecule has 2 saturated carbocycles. The van der Waals surface area contributed by atoms with Crippen LogP contribution < -0.4 is 0 Å². The van der Waals surface area contributed by atoms with Crippen molar-refractivity contribution < 1.29 is 13.0 Å². The van der Waals surface area contributed by atoms with Crippen LogP contribution in [0, 0.1) is 17.3 Å². The van der Waals surface area contributed by atoms with E-state index in [1.54, 1.807) is 6.07 Å². The number of fused-ring (bicyclic) bond motifs is 5. The van der Waals surface area contributed by atoms with Gasteiger partial charge in [0.1, 0.15) is 5.75 Å². The van der Waals surface area contributed by atoms with Gasteiger partial charge in [-0.2, -0.15) is 0 Å². The second kappa shape index (κ2) is 4.24. The maximum absolute atomic E-state index is 10.4. The van der Waals surface area contributed by atoms with E-state index < -0.39 is 0 Å². The number of rotatable bonds is 0. The zero-order chi connectivity index (χ0) is 15.6. The van der Waals surface area contributed by atoms with Gasteiger partial charge in [0.15, 0.2) is 0 Å². The van der Waals surface area contributed by atoms with Crippen LogP contribution in [0.1, 0.15) is 58.8 Å². The Morgan fingerprint density at radius 3 is 3.00 bits per heavy atom. The predicted octanol–water partition coefficient (Wildman–Crippen LogP) is 3.61. The van der Waals surface area contributed by atoms with Gasteiger partial charge in [-0.1, -0.05) is 13.0 Å². The van der Waals surface area contributed by atoms with Gasteiger partial charge < -0.3 is 10.2 Å². The van der Waals surface area contributed by atoms with Crippen molar-refractivity contribution in [2.24, 2.45) is 17.3 Å². The van der Waals surface area contributed by atoms with E-state index in [1.807, 2.05) is 0 Å². The highest BCUT2D eigenvalue weighted by molar-refractivity contribution is 5.40. The molecule has 0 amide bonds. The summed E-state index contributed by atoms with van der Waals surface area (Å²) in [7, 11) is 0. The van der Waals surface area contributed by atoms with Gasteiger partial charge in [-0.25, -0.2) is 0 Å². The summed E-state index contributed by atoms with van der Waals surface area (Å²) in [6, 6.07) is 2.05. The number of phenols is 1. The number of aliphatic hydroxyl groups excluding tert-OH is 1. The molecule has 0 radical (unpaired) electrons. The van der Waals surface area contributed by atoms with Gasteiger partial charge in [0.2, 0.25) is 0 Å². The van der Waals surface area contributed by atoms with Crippen LogP contribution in [-0.2, 0) is 6.42 Å². The van der Waals surface area contributed by atoms with Crippen LogP contribution in [0.15, 0.2) is 18.2 Å². The van der Waals surface area contributed by atoms with Crippen LogP contribution in [-0.4, -0.2) is 16.3 Å². The summed E-state index contributed by atoms with van der Waals surface area (Å²) in [5.41, 5.74) is 2.15. The van der Waals surface area contributed by atoms with Crippen LogP contribution in [0.3, 0.4) is 0 Å². The van der Waals surface area contributed by atoms with E-state index in [-0.39, 0.29) is 29.4 Å². The molecule has 0 aromatic heterocycles. The molecule has 3 aliphatic carbocycles. The molecule has 108 valence electrons. The summed E-state index contributed by atoms with van der Waals surface area (Å²) in [5, 5.41) is 20.3. The van der Waals surface area contributed by atoms with Crippen molar-refractivity contribution >= 4 is 0 Å². The monoisotopic (exact) mass is 274 g/mol. The number of aliphatic hydroxyl groups is 1. The first-order valence-electron chi connectivity index (χ1n) is 8.93. The van der Waals surface area contributed by atoms with Gasteiger partial charge in [0.25, 0.3) is 0 Å². The van der Waals surface area contributed by atoms with Crippen LogP contribution >= 0.6 is 0 Å². The molecule has 0 aliphatic heterocycles. The van der Waals surface area contributed by atoms with Crippen molar-refractivity contribution in [3.63, 3.8) is 0 Å². The van der Waals surface area contributed by atoms with Crippen molar-refractivity contribution in [1.29, 1.82) is 0 Å². The van der Waals surface area contributed by atoms with Crippen LogP contribution in [0.25, 0.3) is 0 Å². The van der Waals surface area contributed by atoms with E-state index in [2.05, 4.69) is 6.92 Å². The molecule has 1 aromatic carbocycles. The van der Waals surface area contributed by atoms with Gasteiger partial charge in [0.05, 0.1) is 8.85 Å². The van der Waals surface area contributed by atoms with Crippen molar-refractivity contribution in [2.75, 3.05) is 0 Å². The summed E-state index contributed by atoms with van der Waals surface area (Å²) in [6.07, 6.45) is 5.79. The molecule has 3 aliphatic rings. The molecule has 4 rings (SSSR count). The zero-order valence-electron chi connectivity index (χ0n) is 14.0. The first kappa shape index (κ1) is 10.7. The Kier molecular flexibility index (Phi) is 2.26. The van der Waals surface area contributed by atoms with E-state index in [0.29, 0.717) is 17.8 Å². The van der Waals surface area contributed by atoms with Gasteiger partial charge in [-0.3, -0.25) is 0 Å². The molecule has 4 unspecified atom stereocenters. The third-order valence-corrected chi connectivity index (χ3v) is 6.50. The minimum absolute atomic E-state index is 0.0587. The van der Waals surface area contributed by atoms with Crippen molar-refractivity contribution in [2.45, 2.75) is 57.5 Å². The Balaban J connectivity index is 1.76. The van der Waals surface area contributed by atoms with E-state index in [4.69, 9.17) is 2.74 Å². The molecule has 2 fully saturated rings. The summed E-state index contributed by atoms with van der Waals surface area (Å²) >= 11 is 0. The second-order valence-electron chi connectivity index (χ2n) is 7.25. The number of aromatic hydroxyl groups is 1. The molecule has 2 heteroatoms. The lowest BCUT2D eigenvalue weighted by Crippen LogP contribution is -2.43. The fraction of sp³-hybridized carbons (Fsp3) is 0.667. The molecule has 0 saturated heterocycles. The quantitative estimate of drug-likeness (QED) is 0.758. The lowest BCUT2D eigenvalue weighted by atomic mass is 9.55. The number of hydrogen-bond donors (Lipinski definition) is 2. The summed E-state index contributed by atoms with van der Waals surface area (Å²) in [6.45, 7) is 2.25. The van der Waals surface area contributed by atoms with Crippen molar-refractivity contribution in [1.82, 2.24) is 0 Å². The standard InChI is InChI=1S/C18H24O2/c1-18-9-8-14-13-5-3-12(19)10-11(13)2-4-15(14)16(18)6-7-17(18)20/h3,5,10,14-17,19-20H,2,4,6-9H2,1H3/t14?,15?,16?,17?,18-/m0/s1/i3D,10D. The minimum atomic E-state index is -0.172. The lowest BCUT2D eigenvalue weighted by molar-refractivity contribution is -0.0226. The normalized spacial score (nSPS) is 44.1. The van der Waals surface area contributed by atoms with E-state index >= 15 is 0 Å². The van der Waals surface area contributed by atoms with Gasteiger partial charge in [-0.15, -0.1) is 0 Å². The average Bonchev–Trinajstić information content (AvgIpc) is 2.80. The largest absolute Gasteiger partial charge is 0.508 e. The van der Waals surface area contributed by atoms with Gasteiger partial charge in [0, 0.05) is 0 Å². The fourth-order valence-corrected chi connectivity index (χ4v) is 5.38. The highest BCUT2D eigenvalue weighted by Crippen LogP contribution is 2.60. The molecular formula is C18H24O2. The molecule has 0 heterocycles. The van der Waals surface area contributed by atoms with Crippen molar-refractivity contribution in [3.05, 3.63) is 29.3 Å². The fourth-order valence-electron chi connectivity index (χ4n) is 5.38. The first-order chi connectivity index (χ1) is 10.4. The minimum Gasteiger partial charge on any atom is -0.508 e. The Morgan fingerprint density at radius 2 is 2.15 bits per heavy atom. The van der Waals surface area contributed by atoms with Gasteiger partial charge in [-0.05, 0) is 84.9 Å². The van der Waals surface area contributed by atoms with Crippen LogP contribution in [0.4, 0.5) is 0 Å². The molecule has 0 spiro atoms. The Hall–Kier alpha value is -1.02. The SMILES string of the molecule is [2H]c1cc2c(c([2H])c1O)CCC1C2CC[C@]2(C)C(O)CCC12. The summed E-state index contributed by atoms with van der Waals surface area (Å²) in [4.78, 5) is 0. The summed E-state index contributed by atoms with van der Waals surface area (Å²) < 4.78 is 16.0. The smallest absolute Gasteiger partial charge is 0.115 e. The third kappa shape index (κ3) is 1.60. The van der Waals surface area contributed by atoms with E-state index in [0.717, 1.165) is 49.7 Å². The topological polar surface area (TPSA) is 40.5 Å². The highest BCUT2D eigenvalue weighted by Gasteiger charge is 2.54. The average molecular weight is 274 g/mol. The zero-order valence-corrected chi connectivity index (χ0v) is 12.0. The Bertz CT molecular complexity index is 630. The first-order valence-corrected chi connectivity index (χ1v) is 7.93. The predicted molar refractivity (Wildman–Crippen MR) is 78.7 cm³/mol. The van der Waals surface area contributed by atoms with E-state index in [9.17, 15) is 10.2 Å². The van der Waals surface area contributed by atoms with Crippen LogP contribution in [0.5, 0.6) is 5.75 Å². The highest BCUT2D eigenvalue weighted by atomic mass is 16.3. The Morgan fingerprint density at radius 1 is 1.30 bits per heavy atom. The summed E-state index contributed by atoms with van der Waals surface area (Å²) in [5.74, 6) is 1.35. The van der Waals surface area contributed by atoms with Gasteiger partial charge >= 0.3 is 0 Å². The molecule has 20 heavy (non-hydrogen) atoms. The third-order valence-electron chi connectivity index (χ3n) is 6.50. The maximum Gasteiger partial charge on any atom is 0.115 e. The molecule has 1 aromatic rings. The molecule has 5 atom stereocenters. The Labute approximate surface area is 123 Å². The molecule has 2 nitrogen and oxygen atoms in total. The second-order valence-corrected chi connectivity index (χ2v) is 7.25. The van der Waals surface area contributed by atoms with Crippen molar-refractivity contribution in [3.8, 4) is 5.75 Å². The molecule has 0 bridgehead atoms. The number of hydrogen-bond acceptors (Lipinski definition) is 2. The molecule has 2 N–H and O–H groups in total. The number of phenolic OH excluding ortho intramolecular Hbond substituents is 1. The molecular weight excluding hydrogens is 248 g/mol. The maximum atomic E-state index is 10.4.